The van der Waals surface area contributed by atoms with Crippen molar-refractivity contribution in [3.63, 3.8) is 0 Å². The van der Waals surface area contributed by atoms with Gasteiger partial charge in [-0.3, -0.25) is 4.79 Å². The summed E-state index contributed by atoms with van der Waals surface area (Å²) < 4.78 is 12.6. The minimum absolute atomic E-state index is 0.289. The van der Waals surface area contributed by atoms with Gasteiger partial charge in [0.25, 0.3) is 0 Å². The Balaban J connectivity index is 1.88. The highest BCUT2D eigenvalue weighted by Crippen LogP contribution is 2.40. The summed E-state index contributed by atoms with van der Waals surface area (Å²) in [4.78, 5) is 19.3. The molecular formula is C19H18Br2N2O3. The van der Waals surface area contributed by atoms with E-state index in [1.807, 2.05) is 18.2 Å². The first-order valence-corrected chi connectivity index (χ1v) is 9.83. The molecule has 1 heterocycles. The molecule has 0 saturated heterocycles. The number of benzene rings is 2. The fourth-order valence-corrected chi connectivity index (χ4v) is 3.67. The van der Waals surface area contributed by atoms with Gasteiger partial charge in [-0.25, -0.2) is 4.98 Å². The highest BCUT2D eigenvalue weighted by molar-refractivity contribution is 9.11. The minimum Gasteiger partial charge on any atom is -0.455 e. The summed E-state index contributed by atoms with van der Waals surface area (Å²) >= 11 is 6.95. The van der Waals surface area contributed by atoms with Crippen molar-refractivity contribution in [2.45, 2.75) is 33.1 Å². The van der Waals surface area contributed by atoms with Gasteiger partial charge < -0.3 is 14.5 Å². The maximum atomic E-state index is 11.5. The van der Waals surface area contributed by atoms with Crippen LogP contribution >= 0.6 is 31.9 Å². The van der Waals surface area contributed by atoms with Crippen molar-refractivity contribution in [2.24, 2.45) is 0 Å². The molecule has 0 fully saturated rings. The summed E-state index contributed by atoms with van der Waals surface area (Å²) in [6.45, 7) is 5.94. The first-order chi connectivity index (χ1) is 12.4. The molecule has 0 aliphatic heterocycles. The average Bonchev–Trinajstić information content (AvgIpc) is 3.01. The van der Waals surface area contributed by atoms with E-state index in [1.54, 1.807) is 19.1 Å². The molecule has 0 aliphatic carbocycles. The van der Waals surface area contributed by atoms with E-state index < -0.39 is 0 Å². The van der Waals surface area contributed by atoms with Gasteiger partial charge in [0.1, 0.15) is 17.3 Å². The Kier molecular flexibility index (Phi) is 5.67. The largest absolute Gasteiger partial charge is 0.455 e. The molecular weight excluding hydrogens is 464 g/mol. The van der Waals surface area contributed by atoms with Gasteiger partial charge in [-0.1, -0.05) is 20.8 Å². The van der Waals surface area contributed by atoms with Gasteiger partial charge in [0.05, 0.1) is 20.0 Å². The van der Waals surface area contributed by atoms with E-state index in [0.717, 1.165) is 16.9 Å². The Bertz CT molecular complexity index is 944. The zero-order valence-electron chi connectivity index (χ0n) is 14.6. The molecule has 0 bridgehead atoms. The first kappa shape index (κ1) is 18.9. The van der Waals surface area contributed by atoms with Gasteiger partial charge in [-0.2, -0.15) is 0 Å². The zero-order chi connectivity index (χ0) is 18.8. The predicted octanol–water partition coefficient (Wildman–Crippen LogP) is 6.32. The van der Waals surface area contributed by atoms with Crippen molar-refractivity contribution >= 4 is 48.9 Å². The quantitative estimate of drug-likeness (QED) is 0.342. The lowest BCUT2D eigenvalue weighted by Gasteiger charge is -2.12. The van der Waals surface area contributed by atoms with Crippen molar-refractivity contribution < 1.29 is 14.3 Å². The molecule has 7 heteroatoms. The zero-order valence-corrected chi connectivity index (χ0v) is 17.8. The average molecular weight is 482 g/mol. The van der Waals surface area contributed by atoms with Crippen LogP contribution in [0.4, 0.5) is 0 Å². The fourth-order valence-electron chi connectivity index (χ4n) is 2.36. The van der Waals surface area contributed by atoms with Gasteiger partial charge in [-0.05, 0) is 56.1 Å². The van der Waals surface area contributed by atoms with Crippen molar-refractivity contribution in [1.29, 1.82) is 0 Å². The number of nitrogens with zero attached hydrogens (tertiary/aromatic N) is 1. The molecule has 0 spiro atoms. The SMILES string of the molecule is CCC(=O)Oc1cc(Br)c(Oc2ccc3nc(C(C)C)[nH]c3c2)c(Br)c1. The van der Waals surface area contributed by atoms with E-state index >= 15 is 0 Å². The number of rotatable bonds is 5. The molecule has 1 N–H and O–H groups in total. The normalized spacial score (nSPS) is 11.2. The van der Waals surface area contributed by atoms with E-state index in [2.05, 4.69) is 55.7 Å². The highest BCUT2D eigenvalue weighted by atomic mass is 79.9. The van der Waals surface area contributed by atoms with Crippen molar-refractivity contribution in [3.05, 3.63) is 45.1 Å². The second-order valence-corrected chi connectivity index (χ2v) is 7.81. The second-order valence-electron chi connectivity index (χ2n) is 6.10. The van der Waals surface area contributed by atoms with Crippen LogP contribution in [-0.2, 0) is 4.79 Å². The number of H-pyrrole nitrogens is 1. The molecule has 0 atom stereocenters. The van der Waals surface area contributed by atoms with E-state index in [1.165, 1.54) is 0 Å². The monoisotopic (exact) mass is 480 g/mol. The van der Waals surface area contributed by atoms with Crippen molar-refractivity contribution in [1.82, 2.24) is 9.97 Å². The Morgan fingerprint density at radius 2 is 1.85 bits per heavy atom. The summed E-state index contributed by atoms with van der Waals surface area (Å²) in [6, 6.07) is 9.13. The predicted molar refractivity (Wildman–Crippen MR) is 108 cm³/mol. The van der Waals surface area contributed by atoms with Gasteiger partial charge >= 0.3 is 5.97 Å². The summed E-state index contributed by atoms with van der Waals surface area (Å²) in [5, 5.41) is 0. The molecule has 0 aliphatic rings. The summed E-state index contributed by atoms with van der Waals surface area (Å²) in [5.41, 5.74) is 1.83. The van der Waals surface area contributed by atoms with Gasteiger partial charge in [0.15, 0.2) is 5.75 Å². The molecule has 0 saturated carbocycles. The minimum atomic E-state index is -0.289. The molecule has 2 aromatic carbocycles. The number of ether oxygens (including phenoxy) is 2. The standard InChI is InChI=1S/C19H18Br2N2O3/c1-4-17(24)25-12-7-13(20)18(14(21)8-12)26-11-5-6-15-16(9-11)23-19(22-15)10(2)3/h5-10H,4H2,1-3H3,(H,22,23). The maximum absolute atomic E-state index is 11.5. The van der Waals surface area contributed by atoms with Gasteiger partial charge in [-0.15, -0.1) is 0 Å². The Morgan fingerprint density at radius 3 is 2.46 bits per heavy atom. The van der Waals surface area contributed by atoms with Gasteiger partial charge in [0.2, 0.25) is 0 Å². The molecule has 1 aromatic heterocycles. The van der Waals surface area contributed by atoms with Gasteiger partial charge in [0, 0.05) is 18.4 Å². The Hall–Kier alpha value is -1.86. The van der Waals surface area contributed by atoms with Crippen LogP contribution in [0.5, 0.6) is 17.2 Å². The third kappa shape index (κ3) is 4.10. The molecule has 0 amide bonds. The number of halogens is 2. The van der Waals surface area contributed by atoms with Crippen LogP contribution in [0.3, 0.4) is 0 Å². The van der Waals surface area contributed by atoms with Crippen LogP contribution in [0.1, 0.15) is 38.9 Å². The van der Waals surface area contributed by atoms with Crippen LogP contribution in [0.25, 0.3) is 11.0 Å². The van der Waals surface area contributed by atoms with Crippen LogP contribution in [0, 0.1) is 0 Å². The van der Waals surface area contributed by atoms with E-state index in [9.17, 15) is 4.79 Å². The van der Waals surface area contributed by atoms with Crippen LogP contribution in [-0.4, -0.2) is 15.9 Å². The first-order valence-electron chi connectivity index (χ1n) is 8.24. The number of carbonyl (C=O) groups excluding carboxylic acids is 1. The Morgan fingerprint density at radius 1 is 1.15 bits per heavy atom. The molecule has 0 unspecified atom stereocenters. The number of nitrogens with one attached hydrogen (secondary N) is 1. The number of aromatic nitrogens is 2. The lowest BCUT2D eigenvalue weighted by Crippen LogP contribution is -2.05. The van der Waals surface area contributed by atoms with Crippen molar-refractivity contribution in [2.75, 3.05) is 0 Å². The second kappa shape index (κ2) is 7.80. The molecule has 3 rings (SSSR count). The number of carbonyl (C=O) groups is 1. The van der Waals surface area contributed by atoms with Crippen LogP contribution in [0.2, 0.25) is 0 Å². The number of esters is 1. The van der Waals surface area contributed by atoms with E-state index in [0.29, 0.717) is 38.5 Å². The molecule has 5 nitrogen and oxygen atoms in total. The van der Waals surface area contributed by atoms with E-state index in [-0.39, 0.29) is 5.97 Å². The molecule has 3 aromatic rings. The molecule has 0 radical (unpaired) electrons. The summed E-state index contributed by atoms with van der Waals surface area (Å²) in [7, 11) is 0. The summed E-state index contributed by atoms with van der Waals surface area (Å²) in [5.74, 6) is 2.71. The number of fused-ring (bicyclic) bond motifs is 1. The van der Waals surface area contributed by atoms with Crippen LogP contribution in [0.15, 0.2) is 39.3 Å². The van der Waals surface area contributed by atoms with Crippen molar-refractivity contribution in [3.8, 4) is 17.2 Å². The van der Waals surface area contributed by atoms with Crippen LogP contribution < -0.4 is 9.47 Å². The lowest BCUT2D eigenvalue weighted by molar-refractivity contribution is -0.134. The topological polar surface area (TPSA) is 64.2 Å². The number of hydrogen-bond donors (Lipinski definition) is 1. The summed E-state index contributed by atoms with van der Waals surface area (Å²) in [6.07, 6.45) is 0.316. The third-order valence-corrected chi connectivity index (χ3v) is 4.91. The highest BCUT2D eigenvalue weighted by Gasteiger charge is 2.14. The third-order valence-electron chi connectivity index (χ3n) is 3.73. The maximum Gasteiger partial charge on any atom is 0.310 e. The molecule has 136 valence electrons. The number of imidazole rings is 1. The lowest BCUT2D eigenvalue weighted by atomic mass is 10.2. The van der Waals surface area contributed by atoms with E-state index in [4.69, 9.17) is 9.47 Å². The molecule has 26 heavy (non-hydrogen) atoms. The number of hydrogen-bond acceptors (Lipinski definition) is 4. The fraction of sp³-hybridized carbons (Fsp3) is 0.263. The smallest absolute Gasteiger partial charge is 0.310 e. The Labute approximate surface area is 168 Å². The number of aromatic amines is 1.